The largest absolute Gasteiger partial charge is 0.315 e. The van der Waals surface area contributed by atoms with Gasteiger partial charge in [0.2, 0.25) is 10.0 Å². The molecule has 1 aliphatic heterocycles. The Balaban J connectivity index is 0.00000225. The van der Waals surface area contributed by atoms with Gasteiger partial charge in [-0.15, -0.1) is 12.4 Å². The third-order valence-corrected chi connectivity index (χ3v) is 6.69. The Labute approximate surface area is 154 Å². The highest BCUT2D eigenvalue weighted by atomic mass is 35.5. The van der Waals surface area contributed by atoms with Gasteiger partial charge in [0.05, 0.1) is 5.75 Å². The van der Waals surface area contributed by atoms with Crippen molar-refractivity contribution < 1.29 is 17.2 Å². The number of halogens is 3. The van der Waals surface area contributed by atoms with E-state index in [4.69, 9.17) is 0 Å². The van der Waals surface area contributed by atoms with Crippen LogP contribution in [0.4, 0.5) is 8.78 Å². The Bertz CT molecular complexity index is 681. The summed E-state index contributed by atoms with van der Waals surface area (Å²) in [4.78, 5) is 0. The molecule has 142 valence electrons. The maximum absolute atomic E-state index is 13.5. The van der Waals surface area contributed by atoms with Crippen molar-refractivity contribution in [3.63, 3.8) is 0 Å². The number of benzene rings is 1. The standard InChI is InChI=1S/C17H24F2N2O2S.ClH/c18-15-6-5-13(9-16(15)19)14-7-8-20-10-17(14)21-24(22,23)11-12-3-1-2-4-12;/h5-6,9,12,14,17,20-21H,1-4,7-8,10-11H2;1H. The van der Waals surface area contributed by atoms with Crippen LogP contribution >= 0.6 is 12.4 Å². The van der Waals surface area contributed by atoms with Gasteiger partial charge in [-0.1, -0.05) is 18.9 Å². The average molecular weight is 395 g/mol. The van der Waals surface area contributed by atoms with E-state index in [0.717, 1.165) is 38.3 Å². The molecule has 1 heterocycles. The van der Waals surface area contributed by atoms with Gasteiger partial charge in [-0.25, -0.2) is 21.9 Å². The first-order chi connectivity index (χ1) is 11.4. The van der Waals surface area contributed by atoms with Gasteiger partial charge in [0.1, 0.15) is 0 Å². The summed E-state index contributed by atoms with van der Waals surface area (Å²) in [6.45, 7) is 1.22. The monoisotopic (exact) mass is 394 g/mol. The lowest BCUT2D eigenvalue weighted by atomic mass is 9.86. The molecule has 2 atom stereocenters. The number of nitrogens with one attached hydrogen (secondary N) is 2. The van der Waals surface area contributed by atoms with Crippen molar-refractivity contribution >= 4 is 22.4 Å². The van der Waals surface area contributed by atoms with E-state index in [2.05, 4.69) is 10.0 Å². The summed E-state index contributed by atoms with van der Waals surface area (Å²) in [7, 11) is -3.38. The van der Waals surface area contributed by atoms with Crippen LogP contribution in [0, 0.1) is 17.6 Å². The molecule has 1 aliphatic carbocycles. The van der Waals surface area contributed by atoms with Gasteiger partial charge in [-0.3, -0.25) is 0 Å². The van der Waals surface area contributed by atoms with Gasteiger partial charge < -0.3 is 5.32 Å². The second kappa shape index (κ2) is 8.75. The molecule has 8 heteroatoms. The molecule has 0 radical (unpaired) electrons. The quantitative estimate of drug-likeness (QED) is 0.807. The minimum absolute atomic E-state index is 0. The highest BCUT2D eigenvalue weighted by Gasteiger charge is 2.32. The second-order valence-electron chi connectivity index (χ2n) is 6.93. The van der Waals surface area contributed by atoms with Crippen molar-refractivity contribution in [3.05, 3.63) is 35.4 Å². The molecule has 1 aromatic carbocycles. The van der Waals surface area contributed by atoms with E-state index in [1.54, 1.807) is 6.07 Å². The normalized spacial score (nSPS) is 24.9. The molecule has 0 bridgehead atoms. The van der Waals surface area contributed by atoms with Crippen molar-refractivity contribution in [1.82, 2.24) is 10.0 Å². The molecule has 3 rings (SSSR count). The predicted octanol–water partition coefficient (Wildman–Crippen LogP) is 2.94. The SMILES string of the molecule is Cl.O=S(=O)(CC1CCCC1)NC1CNCCC1c1ccc(F)c(F)c1. The number of hydrogen-bond acceptors (Lipinski definition) is 3. The fraction of sp³-hybridized carbons (Fsp3) is 0.647. The highest BCUT2D eigenvalue weighted by Crippen LogP contribution is 2.29. The molecule has 0 aromatic heterocycles. The van der Waals surface area contributed by atoms with Gasteiger partial charge in [0.25, 0.3) is 0 Å². The van der Waals surface area contributed by atoms with Crippen LogP contribution in [0.1, 0.15) is 43.6 Å². The Kier molecular flexibility index (Phi) is 7.19. The van der Waals surface area contributed by atoms with Crippen LogP contribution in [0.2, 0.25) is 0 Å². The first-order valence-electron chi connectivity index (χ1n) is 8.60. The van der Waals surface area contributed by atoms with Crippen LogP contribution in [0.5, 0.6) is 0 Å². The van der Waals surface area contributed by atoms with Gasteiger partial charge in [0, 0.05) is 18.5 Å². The molecule has 4 nitrogen and oxygen atoms in total. The molecule has 0 amide bonds. The van der Waals surface area contributed by atoms with Crippen molar-refractivity contribution in [3.8, 4) is 0 Å². The van der Waals surface area contributed by atoms with Gasteiger partial charge in [-0.2, -0.15) is 0 Å². The first kappa shape index (κ1) is 20.6. The van der Waals surface area contributed by atoms with E-state index < -0.39 is 21.7 Å². The molecule has 2 unspecified atom stereocenters. The molecule has 1 aromatic rings. The molecular formula is C17H25ClF2N2O2S. The van der Waals surface area contributed by atoms with Crippen molar-refractivity contribution in [1.29, 1.82) is 0 Å². The molecule has 2 fully saturated rings. The van der Waals surface area contributed by atoms with Crippen LogP contribution in [0.25, 0.3) is 0 Å². The van der Waals surface area contributed by atoms with Gasteiger partial charge in [0.15, 0.2) is 11.6 Å². The molecule has 1 saturated heterocycles. The van der Waals surface area contributed by atoms with Crippen molar-refractivity contribution in [2.24, 2.45) is 5.92 Å². The fourth-order valence-corrected chi connectivity index (χ4v) is 5.65. The van der Waals surface area contributed by atoms with Gasteiger partial charge in [-0.05, 0) is 49.4 Å². The van der Waals surface area contributed by atoms with Crippen molar-refractivity contribution in [2.45, 2.75) is 44.1 Å². The number of sulfonamides is 1. The van der Waals surface area contributed by atoms with Crippen LogP contribution in [0.3, 0.4) is 0 Å². The molecular weight excluding hydrogens is 370 g/mol. The molecule has 1 saturated carbocycles. The maximum Gasteiger partial charge on any atom is 0.212 e. The average Bonchev–Trinajstić information content (AvgIpc) is 3.02. The summed E-state index contributed by atoms with van der Waals surface area (Å²) in [5, 5.41) is 3.18. The van der Waals surface area contributed by atoms with E-state index >= 15 is 0 Å². The summed E-state index contributed by atoms with van der Waals surface area (Å²) in [5.74, 6) is -1.53. The zero-order chi connectivity index (χ0) is 17.2. The predicted molar refractivity (Wildman–Crippen MR) is 96.5 cm³/mol. The third kappa shape index (κ3) is 5.36. The number of piperidine rings is 1. The second-order valence-corrected chi connectivity index (χ2v) is 8.73. The fourth-order valence-electron chi connectivity index (χ4n) is 3.89. The van der Waals surface area contributed by atoms with Crippen LogP contribution in [0.15, 0.2) is 18.2 Å². The highest BCUT2D eigenvalue weighted by molar-refractivity contribution is 7.89. The number of rotatable bonds is 5. The Morgan fingerprint density at radius 3 is 2.52 bits per heavy atom. The van der Waals surface area contributed by atoms with Crippen LogP contribution < -0.4 is 10.0 Å². The van der Waals surface area contributed by atoms with Crippen LogP contribution in [-0.4, -0.2) is 33.3 Å². The minimum Gasteiger partial charge on any atom is -0.315 e. The minimum atomic E-state index is -3.38. The zero-order valence-electron chi connectivity index (χ0n) is 14.0. The first-order valence-corrected chi connectivity index (χ1v) is 10.3. The molecule has 2 aliphatic rings. The van der Waals surface area contributed by atoms with Gasteiger partial charge >= 0.3 is 0 Å². The Morgan fingerprint density at radius 1 is 1.12 bits per heavy atom. The maximum atomic E-state index is 13.5. The Hall–Kier alpha value is -0.760. The third-order valence-electron chi connectivity index (χ3n) is 5.11. The van der Waals surface area contributed by atoms with Crippen LogP contribution in [-0.2, 0) is 10.0 Å². The topological polar surface area (TPSA) is 58.2 Å². The molecule has 0 spiro atoms. The summed E-state index contributed by atoms with van der Waals surface area (Å²) in [6, 6.07) is 3.50. The summed E-state index contributed by atoms with van der Waals surface area (Å²) < 4.78 is 54.5. The van der Waals surface area contributed by atoms with E-state index in [1.807, 2.05) is 0 Å². The van der Waals surface area contributed by atoms with E-state index in [-0.39, 0.29) is 36.0 Å². The summed E-state index contributed by atoms with van der Waals surface area (Å²) >= 11 is 0. The number of hydrogen-bond donors (Lipinski definition) is 2. The Morgan fingerprint density at radius 2 is 1.84 bits per heavy atom. The van der Waals surface area contributed by atoms with Crippen molar-refractivity contribution in [2.75, 3.05) is 18.8 Å². The zero-order valence-corrected chi connectivity index (χ0v) is 15.6. The van der Waals surface area contributed by atoms with E-state index in [9.17, 15) is 17.2 Å². The lowest BCUT2D eigenvalue weighted by molar-refractivity contribution is 0.375. The lowest BCUT2D eigenvalue weighted by Gasteiger charge is -2.33. The summed E-state index contributed by atoms with van der Waals surface area (Å²) in [6.07, 6.45) is 4.82. The lowest BCUT2D eigenvalue weighted by Crippen LogP contribution is -2.50. The summed E-state index contributed by atoms with van der Waals surface area (Å²) in [5.41, 5.74) is 0.643. The smallest absolute Gasteiger partial charge is 0.212 e. The molecule has 2 N–H and O–H groups in total. The molecule has 25 heavy (non-hydrogen) atoms. The van der Waals surface area contributed by atoms with E-state index in [1.165, 1.54) is 6.07 Å². The van der Waals surface area contributed by atoms with E-state index in [0.29, 0.717) is 18.5 Å².